The quantitative estimate of drug-likeness (QED) is 0.639. The van der Waals surface area contributed by atoms with Crippen molar-refractivity contribution in [1.29, 1.82) is 0 Å². The zero-order valence-electron chi connectivity index (χ0n) is 9.51. The number of hydrogen-bond acceptors (Lipinski definition) is 4. The predicted molar refractivity (Wildman–Crippen MR) is 72.9 cm³/mol. The van der Waals surface area contributed by atoms with Gasteiger partial charge in [-0.1, -0.05) is 12.2 Å². The highest BCUT2D eigenvalue weighted by atomic mass is 32.2. The first-order chi connectivity index (χ1) is 7.65. The number of aliphatic hydroxyl groups excluding tert-OH is 1. The van der Waals surface area contributed by atoms with Crippen molar-refractivity contribution in [2.24, 2.45) is 0 Å². The molecule has 0 aromatic carbocycles. The Labute approximate surface area is 106 Å². The Bertz CT molecular complexity index is 356. The number of pyridine rings is 1. The fourth-order valence-electron chi connectivity index (χ4n) is 1.20. The molecule has 1 aromatic rings. The Morgan fingerprint density at radius 1 is 1.50 bits per heavy atom. The van der Waals surface area contributed by atoms with Gasteiger partial charge in [0.15, 0.2) is 0 Å². The summed E-state index contributed by atoms with van der Waals surface area (Å²) < 4.78 is 0. The van der Waals surface area contributed by atoms with Crippen molar-refractivity contribution < 1.29 is 5.11 Å². The lowest BCUT2D eigenvalue weighted by Gasteiger charge is -2.13. The van der Waals surface area contributed by atoms with Gasteiger partial charge in [0.2, 0.25) is 0 Å². The van der Waals surface area contributed by atoms with Crippen molar-refractivity contribution >= 4 is 29.0 Å². The van der Waals surface area contributed by atoms with Crippen LogP contribution in [-0.4, -0.2) is 46.4 Å². The number of rotatable bonds is 5. The first-order valence-corrected chi connectivity index (χ1v) is 6.55. The number of thiocarbonyl (C=S) groups is 1. The van der Waals surface area contributed by atoms with Gasteiger partial charge in [0.25, 0.3) is 0 Å². The van der Waals surface area contributed by atoms with Crippen LogP contribution < -0.4 is 0 Å². The fourth-order valence-corrected chi connectivity index (χ4v) is 1.97. The summed E-state index contributed by atoms with van der Waals surface area (Å²) in [6.07, 6.45) is 3.62. The van der Waals surface area contributed by atoms with Crippen LogP contribution >= 0.6 is 24.0 Å². The smallest absolute Gasteiger partial charge is 0.110 e. The van der Waals surface area contributed by atoms with Gasteiger partial charge in [-0.15, -0.1) is 0 Å². The summed E-state index contributed by atoms with van der Waals surface area (Å²) in [5, 5.41) is 8.70. The molecule has 1 N–H and O–H groups in total. The Morgan fingerprint density at radius 3 is 2.88 bits per heavy atom. The second kappa shape index (κ2) is 6.83. The first kappa shape index (κ1) is 13.4. The Balaban J connectivity index is 2.67. The molecule has 1 rings (SSSR count). The van der Waals surface area contributed by atoms with Gasteiger partial charge in [-0.25, -0.2) is 0 Å². The van der Waals surface area contributed by atoms with Crippen LogP contribution in [0.15, 0.2) is 18.5 Å². The van der Waals surface area contributed by atoms with E-state index in [0.717, 1.165) is 27.6 Å². The summed E-state index contributed by atoms with van der Waals surface area (Å²) in [5.74, 6) is 1.61. The van der Waals surface area contributed by atoms with Crippen molar-refractivity contribution in [2.75, 3.05) is 26.5 Å². The van der Waals surface area contributed by atoms with Crippen LogP contribution in [0, 0.1) is 0 Å². The van der Waals surface area contributed by atoms with Crippen LogP contribution in [0.1, 0.15) is 11.1 Å². The topological polar surface area (TPSA) is 36.4 Å². The van der Waals surface area contributed by atoms with E-state index in [9.17, 15) is 0 Å². The Kier molecular flexibility index (Phi) is 5.73. The van der Waals surface area contributed by atoms with Gasteiger partial charge in [-0.3, -0.25) is 4.98 Å². The van der Waals surface area contributed by atoms with Crippen LogP contribution in [0.3, 0.4) is 0 Å². The summed E-state index contributed by atoms with van der Waals surface area (Å²) in [6, 6.07) is 2.06. The molecular formula is C11H16N2OS2. The van der Waals surface area contributed by atoms with E-state index < -0.39 is 0 Å². The molecule has 3 nitrogen and oxygen atoms in total. The number of thioether (sulfide) groups is 1. The largest absolute Gasteiger partial charge is 0.396 e. The molecule has 88 valence electrons. The van der Waals surface area contributed by atoms with Gasteiger partial charge in [-0.2, -0.15) is 11.8 Å². The molecule has 1 aromatic heterocycles. The molecule has 0 aliphatic rings. The molecule has 0 unspecified atom stereocenters. The van der Waals surface area contributed by atoms with Crippen molar-refractivity contribution in [1.82, 2.24) is 9.88 Å². The molecule has 0 radical (unpaired) electrons. The SMILES string of the molecule is CN(C)C(=S)c1cncc(CSCCO)c1. The van der Waals surface area contributed by atoms with E-state index in [1.807, 2.05) is 25.2 Å². The van der Waals surface area contributed by atoms with E-state index in [1.54, 1.807) is 18.0 Å². The average molecular weight is 256 g/mol. The lowest BCUT2D eigenvalue weighted by molar-refractivity contribution is 0.322. The number of nitrogens with zero attached hydrogens (tertiary/aromatic N) is 2. The maximum Gasteiger partial charge on any atom is 0.110 e. The maximum atomic E-state index is 8.70. The summed E-state index contributed by atoms with van der Waals surface area (Å²) in [4.78, 5) is 6.87. The van der Waals surface area contributed by atoms with E-state index >= 15 is 0 Å². The van der Waals surface area contributed by atoms with Gasteiger partial charge in [0.05, 0.1) is 6.61 Å². The average Bonchev–Trinajstić information content (AvgIpc) is 2.29. The van der Waals surface area contributed by atoms with Gasteiger partial charge < -0.3 is 10.0 Å². The minimum Gasteiger partial charge on any atom is -0.396 e. The predicted octanol–water partition coefficient (Wildman–Crippen LogP) is 1.54. The summed E-state index contributed by atoms with van der Waals surface area (Å²) in [5.41, 5.74) is 2.11. The third kappa shape index (κ3) is 4.08. The maximum absolute atomic E-state index is 8.70. The third-order valence-corrected chi connectivity index (χ3v) is 3.56. The standard InChI is InChI=1S/C11H16N2OS2/c1-13(2)11(15)10-5-9(6-12-7-10)8-16-4-3-14/h5-7,14H,3-4,8H2,1-2H3. The number of hydrogen-bond donors (Lipinski definition) is 1. The Hall–Kier alpha value is -0.650. The molecule has 0 saturated heterocycles. The van der Waals surface area contributed by atoms with Gasteiger partial charge in [0, 0.05) is 43.6 Å². The van der Waals surface area contributed by atoms with Crippen molar-refractivity contribution in [2.45, 2.75) is 5.75 Å². The lowest BCUT2D eigenvalue weighted by atomic mass is 10.2. The molecule has 0 bridgehead atoms. The zero-order chi connectivity index (χ0) is 12.0. The zero-order valence-corrected chi connectivity index (χ0v) is 11.1. The molecule has 0 aliphatic carbocycles. The molecule has 0 fully saturated rings. The van der Waals surface area contributed by atoms with E-state index in [4.69, 9.17) is 17.3 Å². The number of aliphatic hydroxyl groups is 1. The fraction of sp³-hybridized carbons (Fsp3) is 0.455. The first-order valence-electron chi connectivity index (χ1n) is 4.99. The van der Waals surface area contributed by atoms with Gasteiger partial charge in [-0.05, 0) is 11.6 Å². The van der Waals surface area contributed by atoms with Gasteiger partial charge in [0.1, 0.15) is 4.99 Å². The molecule has 0 amide bonds. The summed E-state index contributed by atoms with van der Waals surface area (Å²) in [6.45, 7) is 0.216. The molecule has 0 atom stereocenters. The van der Waals surface area contributed by atoms with Gasteiger partial charge >= 0.3 is 0 Å². The lowest BCUT2D eigenvalue weighted by Crippen LogP contribution is -2.20. The van der Waals surface area contributed by atoms with Crippen molar-refractivity contribution in [3.8, 4) is 0 Å². The molecular weight excluding hydrogens is 240 g/mol. The highest BCUT2D eigenvalue weighted by Crippen LogP contribution is 2.13. The molecule has 1 heterocycles. The van der Waals surface area contributed by atoms with Crippen LogP contribution in [0.25, 0.3) is 0 Å². The molecule has 0 spiro atoms. The molecule has 5 heteroatoms. The van der Waals surface area contributed by atoms with Crippen molar-refractivity contribution in [3.05, 3.63) is 29.6 Å². The molecule has 0 aliphatic heterocycles. The van der Waals surface area contributed by atoms with Crippen LogP contribution in [0.5, 0.6) is 0 Å². The van der Waals surface area contributed by atoms with E-state index in [1.165, 1.54) is 0 Å². The highest BCUT2D eigenvalue weighted by molar-refractivity contribution is 7.98. The van der Waals surface area contributed by atoms with Crippen LogP contribution in [-0.2, 0) is 5.75 Å². The molecule has 0 saturated carbocycles. The van der Waals surface area contributed by atoms with Crippen molar-refractivity contribution in [3.63, 3.8) is 0 Å². The van der Waals surface area contributed by atoms with Crippen LogP contribution in [0.4, 0.5) is 0 Å². The second-order valence-electron chi connectivity index (χ2n) is 3.56. The van der Waals surface area contributed by atoms with E-state index in [-0.39, 0.29) is 6.61 Å². The minimum absolute atomic E-state index is 0.216. The second-order valence-corrected chi connectivity index (χ2v) is 5.05. The minimum atomic E-state index is 0.216. The summed E-state index contributed by atoms with van der Waals surface area (Å²) in [7, 11) is 3.85. The van der Waals surface area contributed by atoms with E-state index in [2.05, 4.69) is 11.1 Å². The molecule has 16 heavy (non-hydrogen) atoms. The third-order valence-electron chi connectivity index (χ3n) is 1.95. The number of aromatic nitrogens is 1. The monoisotopic (exact) mass is 256 g/mol. The normalized spacial score (nSPS) is 10.2. The Morgan fingerprint density at radius 2 is 2.25 bits per heavy atom. The van der Waals surface area contributed by atoms with E-state index in [0.29, 0.717) is 0 Å². The summed E-state index contributed by atoms with van der Waals surface area (Å²) >= 11 is 6.97. The highest BCUT2D eigenvalue weighted by Gasteiger charge is 2.04. The van der Waals surface area contributed by atoms with Crippen LogP contribution in [0.2, 0.25) is 0 Å².